The second-order valence-electron chi connectivity index (χ2n) is 9.64. The average Bonchev–Trinajstić information content (AvgIpc) is 3.65. The van der Waals surface area contributed by atoms with Gasteiger partial charge in [0.2, 0.25) is 11.8 Å². The number of halogens is 2. The van der Waals surface area contributed by atoms with E-state index in [1.165, 1.54) is 16.8 Å². The molecule has 2 saturated carbocycles. The van der Waals surface area contributed by atoms with Crippen molar-refractivity contribution in [3.63, 3.8) is 0 Å². The van der Waals surface area contributed by atoms with Crippen molar-refractivity contribution in [3.05, 3.63) is 65.6 Å². The molecular weight excluding hydrogens is 456 g/mol. The molecule has 0 unspecified atom stereocenters. The zero-order valence-corrected chi connectivity index (χ0v) is 18.7. The summed E-state index contributed by atoms with van der Waals surface area (Å²) in [6, 6.07) is 11.2. The first-order valence-corrected chi connectivity index (χ1v) is 11.6. The molecule has 180 valence electrons. The molecule has 1 aliphatic heterocycles. The van der Waals surface area contributed by atoms with Gasteiger partial charge in [0, 0.05) is 17.8 Å². The highest BCUT2D eigenvalue weighted by Gasteiger charge is 2.60. The largest absolute Gasteiger partial charge is 0.364 e. The number of rotatable bonds is 6. The summed E-state index contributed by atoms with van der Waals surface area (Å²) >= 11 is 0. The van der Waals surface area contributed by atoms with Crippen molar-refractivity contribution in [2.45, 2.75) is 49.6 Å². The molecule has 0 radical (unpaired) electrons. The molecule has 1 saturated heterocycles. The van der Waals surface area contributed by atoms with Crippen LogP contribution in [0.1, 0.15) is 35.3 Å². The number of fused-ring (bicyclic) bond motifs is 2. The van der Waals surface area contributed by atoms with Crippen molar-refractivity contribution in [1.82, 2.24) is 20.0 Å². The Bertz CT molecular complexity index is 1380. The number of benzene rings is 2. The lowest BCUT2D eigenvalue weighted by Crippen LogP contribution is -2.50. The van der Waals surface area contributed by atoms with E-state index >= 15 is 4.39 Å². The Morgan fingerprint density at radius 3 is 2.66 bits per heavy atom. The number of nitrogens with zero attached hydrogens (tertiary/aromatic N) is 3. The Kier molecular flexibility index (Phi) is 4.71. The van der Waals surface area contributed by atoms with Crippen LogP contribution in [0.5, 0.6) is 0 Å². The average molecular weight is 479 g/mol. The molecule has 6 rings (SSSR count). The first-order chi connectivity index (χ1) is 16.8. The zero-order chi connectivity index (χ0) is 24.5. The number of aromatic nitrogens is 2. The second kappa shape index (κ2) is 7.59. The van der Waals surface area contributed by atoms with Gasteiger partial charge in [0.15, 0.2) is 11.4 Å². The van der Waals surface area contributed by atoms with E-state index in [0.29, 0.717) is 17.5 Å². The van der Waals surface area contributed by atoms with E-state index in [4.69, 9.17) is 5.73 Å². The normalized spacial score (nSPS) is 28.6. The first kappa shape index (κ1) is 21.7. The zero-order valence-electron chi connectivity index (χ0n) is 18.7. The van der Waals surface area contributed by atoms with Gasteiger partial charge in [0.1, 0.15) is 18.4 Å². The van der Waals surface area contributed by atoms with E-state index in [1.807, 2.05) is 6.07 Å². The molecule has 1 aromatic heterocycles. The number of nitrogens with two attached hydrogens (primary N) is 1. The predicted octanol–water partition coefficient (Wildman–Crippen LogP) is 2.02. The van der Waals surface area contributed by atoms with Gasteiger partial charge in [-0.05, 0) is 42.5 Å². The Hall–Kier alpha value is -3.82. The standard InChI is InChI=1S/C25H23F2N5O3/c26-15-6-7-17-16(10-15)22(23(28)34)30-31(17)12-21(33)32-18-8-13(18)9-19(32)24(35)29-20-11-25(20,27)14-4-2-1-3-5-14/h1-7,10,13,18-20H,8-9,11-12H2,(H2,28,34)(H,29,35)/t13-,18-,19+,20-,25-/m1/s1. The molecule has 0 spiro atoms. The van der Waals surface area contributed by atoms with Crippen LogP contribution in [0.25, 0.3) is 10.9 Å². The third-order valence-electron chi connectivity index (χ3n) is 7.39. The molecule has 3 aromatic rings. The van der Waals surface area contributed by atoms with Gasteiger partial charge in [-0.2, -0.15) is 5.10 Å². The van der Waals surface area contributed by atoms with Crippen molar-refractivity contribution >= 4 is 28.6 Å². The summed E-state index contributed by atoms with van der Waals surface area (Å²) in [6.07, 6.45) is 1.53. The van der Waals surface area contributed by atoms with Gasteiger partial charge in [-0.25, -0.2) is 8.78 Å². The minimum absolute atomic E-state index is 0.0448. The Labute approximate surface area is 199 Å². The van der Waals surface area contributed by atoms with Crippen LogP contribution in [-0.4, -0.2) is 50.5 Å². The minimum Gasteiger partial charge on any atom is -0.364 e. The maximum atomic E-state index is 15.2. The number of hydrogen-bond donors (Lipinski definition) is 2. The second-order valence-corrected chi connectivity index (χ2v) is 9.64. The summed E-state index contributed by atoms with van der Waals surface area (Å²) < 4.78 is 30.3. The van der Waals surface area contributed by atoms with E-state index in [-0.39, 0.29) is 47.8 Å². The number of nitrogens with one attached hydrogen (secondary N) is 1. The SMILES string of the molecule is NC(=O)c1nn(CC(=O)N2[C@@H]3C[C@@H]3C[C@H]2C(=O)N[C@@H]2C[C@@]2(F)c2ccccc2)c2ccc(F)cc12. The van der Waals surface area contributed by atoms with E-state index in [1.54, 1.807) is 29.2 Å². The molecule has 3 fully saturated rings. The van der Waals surface area contributed by atoms with Crippen molar-refractivity contribution in [3.8, 4) is 0 Å². The lowest BCUT2D eigenvalue weighted by molar-refractivity contribution is -0.140. The summed E-state index contributed by atoms with van der Waals surface area (Å²) in [6.45, 7) is -0.233. The number of alkyl halides is 1. The summed E-state index contributed by atoms with van der Waals surface area (Å²) in [5, 5.41) is 7.16. The van der Waals surface area contributed by atoms with Crippen LogP contribution in [0.3, 0.4) is 0 Å². The maximum Gasteiger partial charge on any atom is 0.269 e. The van der Waals surface area contributed by atoms with Crippen molar-refractivity contribution in [1.29, 1.82) is 0 Å². The minimum atomic E-state index is -1.60. The third-order valence-corrected chi connectivity index (χ3v) is 7.39. The molecule has 2 aromatic carbocycles. The van der Waals surface area contributed by atoms with Crippen molar-refractivity contribution in [2.24, 2.45) is 11.7 Å². The van der Waals surface area contributed by atoms with Crippen LogP contribution < -0.4 is 11.1 Å². The fourth-order valence-electron chi connectivity index (χ4n) is 5.42. The van der Waals surface area contributed by atoms with E-state index < -0.39 is 29.5 Å². The van der Waals surface area contributed by atoms with Gasteiger partial charge in [-0.3, -0.25) is 19.1 Å². The highest BCUT2D eigenvalue weighted by Crippen LogP contribution is 2.51. The number of hydrogen-bond acceptors (Lipinski definition) is 4. The highest BCUT2D eigenvalue weighted by molar-refractivity contribution is 6.04. The molecule has 3 N–H and O–H groups in total. The fourth-order valence-corrected chi connectivity index (χ4v) is 5.42. The number of amides is 3. The summed E-state index contributed by atoms with van der Waals surface area (Å²) in [7, 11) is 0. The lowest BCUT2D eigenvalue weighted by Gasteiger charge is -2.27. The third kappa shape index (κ3) is 3.55. The van der Waals surface area contributed by atoms with Gasteiger partial charge in [0.05, 0.1) is 11.6 Å². The van der Waals surface area contributed by atoms with Crippen LogP contribution in [0.2, 0.25) is 0 Å². The van der Waals surface area contributed by atoms with Crippen LogP contribution >= 0.6 is 0 Å². The molecule has 8 nitrogen and oxygen atoms in total. The summed E-state index contributed by atoms with van der Waals surface area (Å²) in [5.41, 5.74) is 4.59. The summed E-state index contributed by atoms with van der Waals surface area (Å²) in [4.78, 5) is 39.8. The quantitative estimate of drug-likeness (QED) is 0.564. The molecule has 3 aliphatic rings. The van der Waals surface area contributed by atoms with E-state index in [0.717, 1.165) is 12.5 Å². The molecular formula is C25H23F2N5O3. The monoisotopic (exact) mass is 479 g/mol. The molecule has 5 atom stereocenters. The molecule has 3 amide bonds. The van der Waals surface area contributed by atoms with Crippen LogP contribution in [-0.2, 0) is 21.8 Å². The Morgan fingerprint density at radius 1 is 1.14 bits per heavy atom. The van der Waals surface area contributed by atoms with Crippen molar-refractivity contribution < 1.29 is 23.2 Å². The first-order valence-electron chi connectivity index (χ1n) is 11.6. The summed E-state index contributed by atoms with van der Waals surface area (Å²) in [5.74, 6) is -1.85. The van der Waals surface area contributed by atoms with Gasteiger partial charge >= 0.3 is 0 Å². The maximum absolute atomic E-state index is 15.2. The van der Waals surface area contributed by atoms with Gasteiger partial charge < -0.3 is 16.0 Å². The van der Waals surface area contributed by atoms with Crippen LogP contribution in [0.15, 0.2) is 48.5 Å². The highest BCUT2D eigenvalue weighted by atomic mass is 19.1. The van der Waals surface area contributed by atoms with Crippen molar-refractivity contribution in [2.75, 3.05) is 0 Å². The molecule has 0 bridgehead atoms. The fraction of sp³-hybridized carbons (Fsp3) is 0.360. The topological polar surface area (TPSA) is 110 Å². The Morgan fingerprint density at radius 2 is 1.91 bits per heavy atom. The van der Waals surface area contributed by atoms with Gasteiger partial charge in [0.25, 0.3) is 5.91 Å². The van der Waals surface area contributed by atoms with Gasteiger partial charge in [-0.15, -0.1) is 0 Å². The number of likely N-dealkylation sites (tertiary alicyclic amines) is 1. The number of carbonyl (C=O) groups is 3. The smallest absolute Gasteiger partial charge is 0.269 e. The predicted molar refractivity (Wildman–Crippen MR) is 121 cm³/mol. The number of primary amides is 1. The Balaban J connectivity index is 1.20. The van der Waals surface area contributed by atoms with Crippen LogP contribution in [0, 0.1) is 11.7 Å². The lowest BCUT2D eigenvalue weighted by atomic mass is 10.1. The molecule has 10 heteroatoms. The van der Waals surface area contributed by atoms with Gasteiger partial charge in [-0.1, -0.05) is 30.3 Å². The van der Waals surface area contributed by atoms with E-state index in [2.05, 4.69) is 10.4 Å². The number of piperidine rings is 1. The molecule has 35 heavy (non-hydrogen) atoms. The van der Waals surface area contributed by atoms with E-state index in [9.17, 15) is 18.8 Å². The van der Waals surface area contributed by atoms with Crippen LogP contribution in [0.4, 0.5) is 8.78 Å². The molecule has 2 aliphatic carbocycles. The molecule has 2 heterocycles. The number of carbonyl (C=O) groups excluding carboxylic acids is 3.